The maximum Gasteiger partial charge on any atom is 0.276 e. The molecule has 0 aliphatic heterocycles. The van der Waals surface area contributed by atoms with E-state index in [1.165, 1.54) is 4.68 Å². The van der Waals surface area contributed by atoms with E-state index < -0.39 is 0 Å². The smallest absolute Gasteiger partial charge is 0.276 e. The zero-order valence-electron chi connectivity index (χ0n) is 15.5. The molecule has 3 aromatic rings. The van der Waals surface area contributed by atoms with Crippen molar-refractivity contribution in [1.29, 1.82) is 0 Å². The Bertz CT molecular complexity index is 1040. The van der Waals surface area contributed by atoms with E-state index >= 15 is 0 Å². The number of nitrogens with zero attached hydrogens (tertiary/aromatic N) is 2. The van der Waals surface area contributed by atoms with Crippen LogP contribution >= 0.6 is 0 Å². The minimum atomic E-state index is -0.318. The number of hydrogen-bond acceptors (Lipinski definition) is 3. The summed E-state index contributed by atoms with van der Waals surface area (Å²) >= 11 is 0. The Morgan fingerprint density at radius 1 is 1.08 bits per heavy atom. The van der Waals surface area contributed by atoms with Crippen LogP contribution in [0.2, 0.25) is 0 Å². The standard InChI is InChI=1S/C21H23N3O2/c1-13(2)12-24-21(26)18-8-6-5-7-17(18)19(23-24)20(25)22-16-10-9-14(3)15(4)11-16/h5-11,13H,12H2,1-4H3,(H,22,25). The summed E-state index contributed by atoms with van der Waals surface area (Å²) in [6, 6.07) is 12.9. The average Bonchev–Trinajstić information content (AvgIpc) is 2.60. The van der Waals surface area contributed by atoms with Gasteiger partial charge in [0, 0.05) is 17.6 Å². The predicted molar refractivity (Wildman–Crippen MR) is 105 cm³/mol. The highest BCUT2D eigenvalue weighted by molar-refractivity contribution is 6.11. The van der Waals surface area contributed by atoms with E-state index in [9.17, 15) is 9.59 Å². The number of carbonyl (C=O) groups excluding carboxylic acids is 1. The number of anilines is 1. The summed E-state index contributed by atoms with van der Waals surface area (Å²) in [4.78, 5) is 25.5. The van der Waals surface area contributed by atoms with Gasteiger partial charge in [0.15, 0.2) is 5.69 Å². The molecule has 5 heteroatoms. The Morgan fingerprint density at radius 2 is 1.77 bits per heavy atom. The first-order chi connectivity index (χ1) is 12.4. The quantitative estimate of drug-likeness (QED) is 0.776. The molecule has 0 bridgehead atoms. The molecule has 0 aliphatic carbocycles. The second-order valence-electron chi connectivity index (χ2n) is 7.03. The lowest BCUT2D eigenvalue weighted by atomic mass is 10.1. The predicted octanol–water partition coefficient (Wildman–Crippen LogP) is 3.92. The number of aryl methyl sites for hydroxylation is 2. The van der Waals surface area contributed by atoms with Gasteiger partial charge >= 0.3 is 0 Å². The van der Waals surface area contributed by atoms with Crippen LogP contribution in [0.1, 0.15) is 35.5 Å². The molecule has 1 aromatic heterocycles. The number of rotatable bonds is 4. The van der Waals surface area contributed by atoms with Gasteiger partial charge in [-0.2, -0.15) is 5.10 Å². The van der Waals surface area contributed by atoms with E-state index in [4.69, 9.17) is 0 Å². The van der Waals surface area contributed by atoms with Crippen LogP contribution in [0.15, 0.2) is 47.3 Å². The number of hydrogen-bond donors (Lipinski definition) is 1. The Hall–Kier alpha value is -2.95. The summed E-state index contributed by atoms with van der Waals surface area (Å²) in [7, 11) is 0. The van der Waals surface area contributed by atoms with E-state index in [1.807, 2.05) is 52.0 Å². The third-order valence-electron chi connectivity index (χ3n) is 4.39. The van der Waals surface area contributed by atoms with Gasteiger partial charge in [0.1, 0.15) is 0 Å². The molecule has 3 rings (SSSR count). The molecule has 0 saturated carbocycles. The van der Waals surface area contributed by atoms with Crippen molar-refractivity contribution in [3.63, 3.8) is 0 Å². The molecule has 5 nitrogen and oxygen atoms in total. The summed E-state index contributed by atoms with van der Waals surface area (Å²) in [5.74, 6) is -0.0704. The molecule has 0 radical (unpaired) electrons. The lowest BCUT2D eigenvalue weighted by Crippen LogP contribution is -2.29. The van der Waals surface area contributed by atoms with Gasteiger partial charge in [0.05, 0.1) is 5.39 Å². The first-order valence-corrected chi connectivity index (χ1v) is 8.75. The summed E-state index contributed by atoms with van der Waals surface area (Å²) in [6.45, 7) is 8.52. The number of benzene rings is 2. The van der Waals surface area contributed by atoms with Crippen LogP contribution in [-0.4, -0.2) is 15.7 Å². The van der Waals surface area contributed by atoms with Gasteiger partial charge in [-0.3, -0.25) is 9.59 Å². The first kappa shape index (κ1) is 17.9. The minimum absolute atomic E-state index is 0.169. The van der Waals surface area contributed by atoms with Crippen LogP contribution < -0.4 is 10.9 Å². The Morgan fingerprint density at radius 3 is 2.42 bits per heavy atom. The zero-order chi connectivity index (χ0) is 18.8. The second kappa shape index (κ2) is 7.12. The van der Waals surface area contributed by atoms with Crippen molar-refractivity contribution in [3.8, 4) is 0 Å². The topological polar surface area (TPSA) is 64.0 Å². The van der Waals surface area contributed by atoms with E-state index in [0.717, 1.165) is 11.1 Å². The van der Waals surface area contributed by atoms with Crippen LogP contribution in [-0.2, 0) is 6.54 Å². The molecule has 0 spiro atoms. The SMILES string of the molecule is Cc1ccc(NC(=O)c2nn(CC(C)C)c(=O)c3ccccc23)cc1C. The maximum absolute atomic E-state index is 12.9. The van der Waals surface area contributed by atoms with Gasteiger partial charge in [-0.1, -0.05) is 38.1 Å². The van der Waals surface area contributed by atoms with Crippen molar-refractivity contribution >= 4 is 22.4 Å². The van der Waals surface area contributed by atoms with Crippen molar-refractivity contribution in [3.05, 3.63) is 69.6 Å². The van der Waals surface area contributed by atoms with E-state index in [0.29, 0.717) is 23.0 Å². The number of carbonyl (C=O) groups is 1. The van der Waals surface area contributed by atoms with Gasteiger partial charge in [0.2, 0.25) is 0 Å². The second-order valence-corrected chi connectivity index (χ2v) is 7.03. The van der Waals surface area contributed by atoms with E-state index in [1.54, 1.807) is 18.2 Å². The van der Waals surface area contributed by atoms with Crippen molar-refractivity contribution in [1.82, 2.24) is 9.78 Å². The van der Waals surface area contributed by atoms with Crippen LogP contribution in [0, 0.1) is 19.8 Å². The van der Waals surface area contributed by atoms with Gasteiger partial charge < -0.3 is 5.32 Å². The monoisotopic (exact) mass is 349 g/mol. The average molecular weight is 349 g/mol. The molecule has 1 N–H and O–H groups in total. The van der Waals surface area contributed by atoms with E-state index in [2.05, 4.69) is 10.4 Å². The summed E-state index contributed by atoms with van der Waals surface area (Å²) < 4.78 is 1.39. The lowest BCUT2D eigenvalue weighted by Gasteiger charge is -2.13. The summed E-state index contributed by atoms with van der Waals surface area (Å²) in [5, 5.41) is 8.35. The van der Waals surface area contributed by atoms with Crippen LogP contribution in [0.4, 0.5) is 5.69 Å². The van der Waals surface area contributed by atoms with E-state index in [-0.39, 0.29) is 23.1 Å². The third-order valence-corrected chi connectivity index (χ3v) is 4.39. The fourth-order valence-electron chi connectivity index (χ4n) is 2.88. The molecular weight excluding hydrogens is 326 g/mol. The normalized spacial score (nSPS) is 11.1. The number of amides is 1. The first-order valence-electron chi connectivity index (χ1n) is 8.75. The van der Waals surface area contributed by atoms with Crippen molar-refractivity contribution in [2.75, 3.05) is 5.32 Å². The fourth-order valence-corrected chi connectivity index (χ4v) is 2.88. The zero-order valence-corrected chi connectivity index (χ0v) is 15.5. The highest BCUT2D eigenvalue weighted by Gasteiger charge is 2.17. The van der Waals surface area contributed by atoms with Crippen LogP contribution in [0.3, 0.4) is 0 Å². The van der Waals surface area contributed by atoms with Crippen molar-refractivity contribution in [2.24, 2.45) is 5.92 Å². The summed E-state index contributed by atoms with van der Waals surface area (Å²) in [5.41, 5.74) is 3.07. The molecule has 134 valence electrons. The number of aromatic nitrogens is 2. The van der Waals surface area contributed by atoms with Gasteiger partial charge in [-0.15, -0.1) is 0 Å². The third kappa shape index (κ3) is 3.52. The van der Waals surface area contributed by atoms with Gasteiger partial charge in [-0.25, -0.2) is 4.68 Å². The lowest BCUT2D eigenvalue weighted by molar-refractivity contribution is 0.102. The molecule has 0 aliphatic rings. The molecule has 2 aromatic carbocycles. The summed E-state index contributed by atoms with van der Waals surface area (Å²) in [6.07, 6.45) is 0. The molecular formula is C21H23N3O2. The number of nitrogens with one attached hydrogen (secondary N) is 1. The molecule has 0 atom stereocenters. The molecule has 0 unspecified atom stereocenters. The van der Waals surface area contributed by atoms with Crippen LogP contribution in [0.25, 0.3) is 10.8 Å². The number of fused-ring (bicyclic) bond motifs is 1. The Balaban J connectivity index is 2.07. The molecule has 1 amide bonds. The molecule has 26 heavy (non-hydrogen) atoms. The van der Waals surface area contributed by atoms with Crippen molar-refractivity contribution < 1.29 is 4.79 Å². The van der Waals surface area contributed by atoms with Crippen molar-refractivity contribution in [2.45, 2.75) is 34.2 Å². The molecule has 0 fully saturated rings. The van der Waals surface area contributed by atoms with Gasteiger partial charge in [-0.05, 0) is 49.1 Å². The van der Waals surface area contributed by atoms with Gasteiger partial charge in [0.25, 0.3) is 11.5 Å². The largest absolute Gasteiger partial charge is 0.321 e. The fraction of sp³-hybridized carbons (Fsp3) is 0.286. The molecule has 0 saturated heterocycles. The highest BCUT2D eigenvalue weighted by atomic mass is 16.2. The maximum atomic E-state index is 12.9. The minimum Gasteiger partial charge on any atom is -0.321 e. The Labute approximate surface area is 152 Å². The Kier molecular flexibility index (Phi) is 4.89. The molecule has 1 heterocycles. The highest BCUT2D eigenvalue weighted by Crippen LogP contribution is 2.18. The van der Waals surface area contributed by atoms with Crippen LogP contribution in [0.5, 0.6) is 0 Å².